The Morgan fingerprint density at radius 2 is 2.33 bits per heavy atom. The fourth-order valence-corrected chi connectivity index (χ4v) is 2.64. The molecule has 0 bridgehead atoms. The Labute approximate surface area is 96.6 Å². The van der Waals surface area contributed by atoms with Crippen molar-refractivity contribution in [3.05, 3.63) is 29.3 Å². The van der Waals surface area contributed by atoms with Crippen molar-refractivity contribution in [2.75, 3.05) is 26.5 Å². The summed E-state index contributed by atoms with van der Waals surface area (Å²) >= 11 is 4.43. The number of rotatable bonds is 2. The van der Waals surface area contributed by atoms with Gasteiger partial charge >= 0.3 is 0 Å². The summed E-state index contributed by atoms with van der Waals surface area (Å²) in [6.45, 7) is 1.12. The second kappa shape index (κ2) is 4.45. The van der Waals surface area contributed by atoms with E-state index in [1.54, 1.807) is 7.11 Å². The first-order chi connectivity index (χ1) is 7.26. The first kappa shape index (κ1) is 10.8. The number of benzene rings is 1. The molecule has 0 aliphatic carbocycles. The molecule has 3 heteroatoms. The maximum Gasteiger partial charge on any atom is 0.119 e. The van der Waals surface area contributed by atoms with Crippen LogP contribution in [-0.4, -0.2) is 31.4 Å². The zero-order valence-corrected chi connectivity index (χ0v) is 10.1. The van der Waals surface area contributed by atoms with Crippen LogP contribution in [0.2, 0.25) is 0 Å². The zero-order valence-electron chi connectivity index (χ0n) is 9.23. The van der Waals surface area contributed by atoms with Gasteiger partial charge in [-0.25, -0.2) is 0 Å². The lowest BCUT2D eigenvalue weighted by atomic mass is 9.94. The summed E-state index contributed by atoms with van der Waals surface area (Å²) < 4.78 is 5.26. The number of ether oxygens (including phenoxy) is 1. The molecule has 0 N–H and O–H groups in total. The summed E-state index contributed by atoms with van der Waals surface area (Å²) in [5, 5.41) is 0. The normalized spacial score (nSPS) is 21.1. The molecule has 1 aliphatic heterocycles. The monoisotopic (exact) mass is 223 g/mol. The predicted octanol–water partition coefficient (Wildman–Crippen LogP) is 2.15. The van der Waals surface area contributed by atoms with Gasteiger partial charge in [0.25, 0.3) is 0 Å². The van der Waals surface area contributed by atoms with Crippen LogP contribution in [0, 0.1) is 0 Å². The van der Waals surface area contributed by atoms with E-state index in [4.69, 9.17) is 4.74 Å². The van der Waals surface area contributed by atoms with Crippen molar-refractivity contribution in [1.29, 1.82) is 0 Å². The third-order valence-corrected chi connectivity index (χ3v) is 3.50. The van der Waals surface area contributed by atoms with Crippen LogP contribution in [0.3, 0.4) is 0 Å². The van der Waals surface area contributed by atoms with E-state index in [2.05, 4.69) is 36.7 Å². The minimum absolute atomic E-state index is 0.423. The first-order valence-corrected chi connectivity index (χ1v) is 5.87. The van der Waals surface area contributed by atoms with Gasteiger partial charge in [-0.15, -0.1) is 0 Å². The van der Waals surface area contributed by atoms with Crippen molar-refractivity contribution in [2.45, 2.75) is 12.5 Å². The van der Waals surface area contributed by atoms with Gasteiger partial charge in [-0.2, -0.15) is 12.6 Å². The Morgan fingerprint density at radius 1 is 1.53 bits per heavy atom. The maximum atomic E-state index is 5.26. The van der Waals surface area contributed by atoms with E-state index < -0.39 is 0 Å². The SMILES string of the molecule is COc1ccc2c(c1)C(CS)N(C)CC2. The molecule has 0 saturated heterocycles. The van der Waals surface area contributed by atoms with E-state index in [-0.39, 0.29) is 0 Å². The molecular weight excluding hydrogens is 206 g/mol. The van der Waals surface area contributed by atoms with Crippen molar-refractivity contribution in [2.24, 2.45) is 0 Å². The van der Waals surface area contributed by atoms with Crippen molar-refractivity contribution < 1.29 is 4.74 Å². The standard InChI is InChI=1S/C12H17NOS/c1-13-6-5-9-3-4-10(14-2)7-11(9)12(13)8-15/h3-4,7,12,15H,5-6,8H2,1-2H3. The Kier molecular flexibility index (Phi) is 3.22. The molecule has 1 unspecified atom stereocenters. The van der Waals surface area contributed by atoms with E-state index in [1.165, 1.54) is 11.1 Å². The third kappa shape index (κ3) is 1.99. The van der Waals surface area contributed by atoms with Crippen molar-refractivity contribution in [1.82, 2.24) is 4.90 Å². The highest BCUT2D eigenvalue weighted by atomic mass is 32.1. The molecule has 0 saturated carbocycles. The molecule has 1 aromatic carbocycles. The van der Waals surface area contributed by atoms with Crippen molar-refractivity contribution in [3.8, 4) is 5.75 Å². The molecular formula is C12H17NOS. The third-order valence-electron chi connectivity index (χ3n) is 3.15. The molecule has 2 rings (SSSR count). The number of thiol groups is 1. The van der Waals surface area contributed by atoms with Crippen molar-refractivity contribution >= 4 is 12.6 Å². The summed E-state index contributed by atoms with van der Waals surface area (Å²) in [7, 11) is 3.87. The molecule has 1 aromatic rings. The molecule has 82 valence electrons. The summed E-state index contributed by atoms with van der Waals surface area (Å²) in [5.74, 6) is 1.80. The van der Waals surface area contributed by atoms with Gasteiger partial charge in [0, 0.05) is 18.3 Å². The number of likely N-dealkylation sites (N-methyl/N-ethyl adjacent to an activating group) is 1. The van der Waals surface area contributed by atoms with Crippen molar-refractivity contribution in [3.63, 3.8) is 0 Å². The van der Waals surface area contributed by atoms with Crippen LogP contribution in [0.4, 0.5) is 0 Å². The summed E-state index contributed by atoms with van der Waals surface area (Å²) in [6.07, 6.45) is 1.13. The van der Waals surface area contributed by atoms with Crippen LogP contribution in [0.5, 0.6) is 5.75 Å². The first-order valence-electron chi connectivity index (χ1n) is 5.24. The topological polar surface area (TPSA) is 12.5 Å². The highest BCUT2D eigenvalue weighted by Crippen LogP contribution is 2.31. The van der Waals surface area contributed by atoms with E-state index in [0.29, 0.717) is 6.04 Å². The molecule has 0 radical (unpaired) electrons. The molecule has 15 heavy (non-hydrogen) atoms. The Balaban J connectivity index is 2.41. The van der Waals surface area contributed by atoms with E-state index >= 15 is 0 Å². The van der Waals surface area contributed by atoms with Crippen LogP contribution in [0.15, 0.2) is 18.2 Å². The summed E-state index contributed by atoms with van der Waals surface area (Å²) in [4.78, 5) is 2.36. The maximum absolute atomic E-state index is 5.26. The lowest BCUT2D eigenvalue weighted by Crippen LogP contribution is -2.33. The number of fused-ring (bicyclic) bond motifs is 1. The van der Waals surface area contributed by atoms with Gasteiger partial charge < -0.3 is 4.74 Å². The predicted molar refractivity (Wildman–Crippen MR) is 65.9 cm³/mol. The molecule has 0 fully saturated rings. The second-order valence-electron chi connectivity index (χ2n) is 3.99. The van der Waals surface area contributed by atoms with Gasteiger partial charge in [-0.05, 0) is 36.7 Å². The van der Waals surface area contributed by atoms with Gasteiger partial charge in [-0.3, -0.25) is 4.90 Å². The van der Waals surface area contributed by atoms with Gasteiger partial charge in [0.1, 0.15) is 5.75 Å². The Bertz CT molecular complexity index is 353. The molecule has 1 heterocycles. The van der Waals surface area contributed by atoms with Gasteiger partial charge in [0.05, 0.1) is 7.11 Å². The number of hydrogen-bond acceptors (Lipinski definition) is 3. The highest BCUT2D eigenvalue weighted by molar-refractivity contribution is 7.80. The molecule has 1 atom stereocenters. The minimum atomic E-state index is 0.423. The summed E-state index contributed by atoms with van der Waals surface area (Å²) in [5.41, 5.74) is 2.81. The largest absolute Gasteiger partial charge is 0.497 e. The number of methoxy groups -OCH3 is 1. The number of nitrogens with zero attached hydrogens (tertiary/aromatic N) is 1. The smallest absolute Gasteiger partial charge is 0.119 e. The fourth-order valence-electron chi connectivity index (χ4n) is 2.17. The quantitative estimate of drug-likeness (QED) is 0.771. The molecule has 0 aromatic heterocycles. The van der Waals surface area contributed by atoms with E-state index in [0.717, 1.165) is 24.5 Å². The molecule has 1 aliphatic rings. The average molecular weight is 223 g/mol. The van der Waals surface area contributed by atoms with Crippen LogP contribution in [0.25, 0.3) is 0 Å². The molecule has 2 nitrogen and oxygen atoms in total. The average Bonchev–Trinajstić information content (AvgIpc) is 2.28. The zero-order chi connectivity index (χ0) is 10.8. The minimum Gasteiger partial charge on any atom is -0.497 e. The van der Waals surface area contributed by atoms with Crippen LogP contribution >= 0.6 is 12.6 Å². The van der Waals surface area contributed by atoms with Crippen LogP contribution < -0.4 is 4.74 Å². The summed E-state index contributed by atoms with van der Waals surface area (Å²) in [6, 6.07) is 6.79. The Morgan fingerprint density at radius 3 is 3.00 bits per heavy atom. The van der Waals surface area contributed by atoms with E-state index in [9.17, 15) is 0 Å². The lowest BCUT2D eigenvalue weighted by Gasteiger charge is -2.33. The molecule has 0 spiro atoms. The highest BCUT2D eigenvalue weighted by Gasteiger charge is 2.23. The molecule has 0 amide bonds. The van der Waals surface area contributed by atoms with Crippen LogP contribution in [-0.2, 0) is 6.42 Å². The second-order valence-corrected chi connectivity index (χ2v) is 4.36. The van der Waals surface area contributed by atoms with Crippen LogP contribution in [0.1, 0.15) is 17.2 Å². The Hall–Kier alpha value is -0.670. The van der Waals surface area contributed by atoms with Gasteiger partial charge in [-0.1, -0.05) is 6.07 Å². The fraction of sp³-hybridized carbons (Fsp3) is 0.500. The van der Waals surface area contributed by atoms with Gasteiger partial charge in [0.2, 0.25) is 0 Å². The number of hydrogen-bond donors (Lipinski definition) is 1. The van der Waals surface area contributed by atoms with E-state index in [1.807, 2.05) is 6.07 Å². The van der Waals surface area contributed by atoms with Gasteiger partial charge in [0.15, 0.2) is 0 Å². The lowest BCUT2D eigenvalue weighted by molar-refractivity contribution is 0.251.